The number of nitrogens with zero attached hydrogens (tertiary/aromatic N) is 2. The Labute approximate surface area is 173 Å². The van der Waals surface area contributed by atoms with Gasteiger partial charge < -0.3 is 14.5 Å². The zero-order chi connectivity index (χ0) is 21.3. The average molecular weight is 394 g/mol. The Morgan fingerprint density at radius 2 is 1.45 bits per heavy atom. The second-order valence-corrected chi connectivity index (χ2v) is 7.81. The highest BCUT2D eigenvalue weighted by Gasteiger charge is 2.45. The van der Waals surface area contributed by atoms with Crippen LogP contribution in [-0.2, 0) is 9.53 Å². The van der Waals surface area contributed by atoms with Gasteiger partial charge in [0.25, 0.3) is 0 Å². The molecule has 5 heteroatoms. The zero-order valence-electron chi connectivity index (χ0n) is 18.2. The molecule has 1 aliphatic heterocycles. The molecular formula is C24H31N3O2. The van der Waals surface area contributed by atoms with Crippen LogP contribution in [0.1, 0.15) is 42.5 Å². The number of anilines is 2. The summed E-state index contributed by atoms with van der Waals surface area (Å²) in [4.78, 5) is 16.8. The van der Waals surface area contributed by atoms with E-state index in [0.717, 1.165) is 33.6 Å². The summed E-state index contributed by atoms with van der Waals surface area (Å²) in [6.07, 6.45) is -0.113. The summed E-state index contributed by atoms with van der Waals surface area (Å²) in [5.41, 5.74) is 6.57. The van der Waals surface area contributed by atoms with Gasteiger partial charge in [0.05, 0.1) is 24.8 Å². The fourth-order valence-corrected chi connectivity index (χ4v) is 4.45. The summed E-state index contributed by atoms with van der Waals surface area (Å²) >= 11 is 0. The lowest BCUT2D eigenvalue weighted by atomic mass is 10.1. The van der Waals surface area contributed by atoms with Gasteiger partial charge in [-0.15, -0.1) is 0 Å². The quantitative estimate of drug-likeness (QED) is 0.735. The number of hydrogen-bond acceptors (Lipinski definition) is 4. The first-order valence-corrected chi connectivity index (χ1v) is 10.2. The van der Waals surface area contributed by atoms with E-state index in [1.165, 1.54) is 0 Å². The molecule has 1 N–H and O–H groups in total. The van der Waals surface area contributed by atoms with Crippen molar-refractivity contribution in [2.75, 3.05) is 16.4 Å². The average Bonchev–Trinajstić information content (AvgIpc) is 2.87. The summed E-state index contributed by atoms with van der Waals surface area (Å²) in [6.45, 7) is 12.5. The molecule has 0 bridgehead atoms. The molecule has 0 spiro atoms. The van der Waals surface area contributed by atoms with Gasteiger partial charge in [0.15, 0.2) is 0 Å². The standard InChI is InChI=1S/C24H31N3O2/c1-7-29-21(28)14-20-26(22-15(2)10-8-11-16(22)3)19(6)24(25)27(20)23-17(4)12-9-13-18(23)5/h8-13,19-20,25H,7,14H2,1-6H3. The van der Waals surface area contributed by atoms with E-state index in [0.29, 0.717) is 12.4 Å². The van der Waals surface area contributed by atoms with Crippen molar-refractivity contribution < 1.29 is 9.53 Å². The molecule has 1 heterocycles. The van der Waals surface area contributed by atoms with Gasteiger partial charge in [0, 0.05) is 5.69 Å². The van der Waals surface area contributed by atoms with E-state index in [9.17, 15) is 4.79 Å². The Balaban J connectivity index is 2.18. The Morgan fingerprint density at radius 1 is 0.966 bits per heavy atom. The van der Waals surface area contributed by atoms with Gasteiger partial charge in [-0.05, 0) is 63.8 Å². The van der Waals surface area contributed by atoms with Crippen molar-refractivity contribution >= 4 is 23.2 Å². The minimum Gasteiger partial charge on any atom is -0.466 e. The maximum Gasteiger partial charge on any atom is 0.309 e. The Hall–Kier alpha value is -2.82. The van der Waals surface area contributed by atoms with E-state index < -0.39 is 0 Å². The summed E-state index contributed by atoms with van der Waals surface area (Å²) in [6, 6.07) is 12.2. The zero-order valence-corrected chi connectivity index (χ0v) is 18.2. The summed E-state index contributed by atoms with van der Waals surface area (Å²) in [5.74, 6) is 0.256. The molecule has 154 valence electrons. The number of carbonyl (C=O) groups excluding carboxylic acids is 1. The minimum atomic E-state index is -0.309. The fraction of sp³-hybridized carbons (Fsp3) is 0.417. The van der Waals surface area contributed by atoms with Crippen LogP contribution in [0.5, 0.6) is 0 Å². The van der Waals surface area contributed by atoms with Crippen LogP contribution in [0.4, 0.5) is 11.4 Å². The number of esters is 1. The predicted octanol–water partition coefficient (Wildman–Crippen LogP) is 4.89. The second-order valence-electron chi connectivity index (χ2n) is 7.81. The highest BCUT2D eigenvalue weighted by molar-refractivity contribution is 6.07. The van der Waals surface area contributed by atoms with E-state index >= 15 is 0 Å². The lowest BCUT2D eigenvalue weighted by Crippen LogP contribution is -2.43. The number of rotatable bonds is 5. The number of ether oxygens (including phenoxy) is 1. The van der Waals surface area contributed by atoms with Crippen molar-refractivity contribution in [2.45, 2.75) is 60.2 Å². The molecule has 2 aromatic carbocycles. The van der Waals surface area contributed by atoms with E-state index in [1.807, 2.05) is 30.9 Å². The number of nitrogens with one attached hydrogen (secondary N) is 1. The third-order valence-corrected chi connectivity index (χ3v) is 5.72. The van der Waals surface area contributed by atoms with Gasteiger partial charge in [-0.2, -0.15) is 0 Å². The molecule has 3 rings (SSSR count). The smallest absolute Gasteiger partial charge is 0.309 e. The second kappa shape index (κ2) is 8.27. The Morgan fingerprint density at radius 3 is 1.93 bits per heavy atom. The van der Waals surface area contributed by atoms with Gasteiger partial charge in [0.1, 0.15) is 12.0 Å². The summed E-state index contributed by atoms with van der Waals surface area (Å²) in [7, 11) is 0. The maximum absolute atomic E-state index is 12.6. The van der Waals surface area contributed by atoms with E-state index in [4.69, 9.17) is 10.1 Å². The molecule has 2 unspecified atom stereocenters. The number of hydrogen-bond donors (Lipinski definition) is 1. The molecule has 5 nitrogen and oxygen atoms in total. The monoisotopic (exact) mass is 393 g/mol. The Bertz CT molecular complexity index is 897. The van der Waals surface area contributed by atoms with Gasteiger partial charge in [-0.25, -0.2) is 0 Å². The molecule has 0 saturated carbocycles. The third kappa shape index (κ3) is 3.74. The normalized spacial score (nSPS) is 19.0. The highest BCUT2D eigenvalue weighted by atomic mass is 16.5. The molecule has 0 aromatic heterocycles. The van der Waals surface area contributed by atoms with Crippen LogP contribution in [0.25, 0.3) is 0 Å². The van der Waals surface area contributed by atoms with Crippen molar-refractivity contribution in [3.05, 3.63) is 58.7 Å². The van der Waals surface area contributed by atoms with Crippen LogP contribution in [-0.4, -0.2) is 30.6 Å². The molecule has 2 atom stereocenters. The third-order valence-electron chi connectivity index (χ3n) is 5.72. The van der Waals surface area contributed by atoms with Crippen LogP contribution in [0.2, 0.25) is 0 Å². The van der Waals surface area contributed by atoms with Crippen LogP contribution in [0, 0.1) is 33.1 Å². The molecule has 29 heavy (non-hydrogen) atoms. The van der Waals surface area contributed by atoms with Gasteiger partial charge >= 0.3 is 5.97 Å². The number of aryl methyl sites for hydroxylation is 4. The molecule has 1 saturated heterocycles. The van der Waals surface area contributed by atoms with Crippen molar-refractivity contribution in [3.63, 3.8) is 0 Å². The molecule has 1 aliphatic rings. The first kappa shape index (κ1) is 20.9. The SMILES string of the molecule is CCOC(=O)CC1N(c2c(C)cccc2C)C(=N)C(C)N1c1c(C)cccc1C. The highest BCUT2D eigenvalue weighted by Crippen LogP contribution is 2.39. The van der Waals surface area contributed by atoms with Crippen LogP contribution >= 0.6 is 0 Å². The number of carbonyl (C=O) groups is 1. The molecule has 1 fully saturated rings. The van der Waals surface area contributed by atoms with Crippen LogP contribution < -0.4 is 9.80 Å². The largest absolute Gasteiger partial charge is 0.466 e. The lowest BCUT2D eigenvalue weighted by Gasteiger charge is -2.35. The molecule has 0 radical (unpaired) electrons. The molecular weight excluding hydrogens is 362 g/mol. The molecule has 0 aliphatic carbocycles. The van der Waals surface area contributed by atoms with Crippen molar-refractivity contribution in [3.8, 4) is 0 Å². The van der Waals surface area contributed by atoms with Crippen molar-refractivity contribution in [1.29, 1.82) is 5.41 Å². The minimum absolute atomic E-state index is 0.159. The van der Waals surface area contributed by atoms with Crippen molar-refractivity contribution in [1.82, 2.24) is 0 Å². The van der Waals surface area contributed by atoms with E-state index in [-0.39, 0.29) is 24.6 Å². The topological polar surface area (TPSA) is 56.6 Å². The van der Waals surface area contributed by atoms with Crippen molar-refractivity contribution in [2.24, 2.45) is 0 Å². The van der Waals surface area contributed by atoms with E-state index in [1.54, 1.807) is 0 Å². The first-order chi connectivity index (χ1) is 13.8. The van der Waals surface area contributed by atoms with Gasteiger partial charge in [-0.3, -0.25) is 10.2 Å². The van der Waals surface area contributed by atoms with Gasteiger partial charge in [0.2, 0.25) is 0 Å². The summed E-state index contributed by atoms with van der Waals surface area (Å²) in [5, 5.41) is 8.97. The first-order valence-electron chi connectivity index (χ1n) is 10.2. The number of benzene rings is 2. The lowest BCUT2D eigenvalue weighted by molar-refractivity contribution is -0.143. The van der Waals surface area contributed by atoms with E-state index in [2.05, 4.69) is 56.9 Å². The van der Waals surface area contributed by atoms with Crippen LogP contribution in [0.3, 0.4) is 0 Å². The predicted molar refractivity (Wildman–Crippen MR) is 119 cm³/mol. The van der Waals surface area contributed by atoms with Gasteiger partial charge in [-0.1, -0.05) is 36.4 Å². The molecule has 0 amide bonds. The summed E-state index contributed by atoms with van der Waals surface area (Å²) < 4.78 is 5.30. The number of para-hydroxylation sites is 2. The Kier molecular flexibility index (Phi) is 5.96. The molecule has 2 aromatic rings. The maximum atomic E-state index is 12.6. The fourth-order valence-electron chi connectivity index (χ4n) is 4.45. The number of amidine groups is 1. The van der Waals surface area contributed by atoms with Crippen LogP contribution in [0.15, 0.2) is 36.4 Å².